The van der Waals surface area contributed by atoms with Crippen LogP contribution in [-0.2, 0) is 0 Å². The van der Waals surface area contributed by atoms with E-state index in [0.29, 0.717) is 0 Å². The van der Waals surface area contributed by atoms with Crippen LogP contribution in [0.5, 0.6) is 5.88 Å². The van der Waals surface area contributed by atoms with E-state index in [1.807, 2.05) is 4.98 Å². The first-order chi connectivity index (χ1) is 5.52. The molecule has 0 saturated heterocycles. The third-order valence-electron chi connectivity index (χ3n) is 1.22. The monoisotopic (exact) mass is 239 g/mol. The molecule has 12 heavy (non-hydrogen) atoms. The van der Waals surface area contributed by atoms with Crippen LogP contribution < -0.4 is 5.56 Å². The lowest BCUT2D eigenvalue weighted by molar-refractivity contribution is 0.149. The fraction of sp³-hybridized carbons (Fsp3) is 0.167. The van der Waals surface area contributed by atoms with E-state index in [-0.39, 0.29) is 4.47 Å². The van der Waals surface area contributed by atoms with Gasteiger partial charge in [-0.05, 0) is 15.9 Å². The zero-order valence-electron chi connectivity index (χ0n) is 5.64. The van der Waals surface area contributed by atoms with Crippen LogP contribution in [-0.4, -0.2) is 10.1 Å². The predicted octanol–water partition coefficient (Wildman–Crippen LogP) is 1.78. The highest BCUT2D eigenvalue weighted by atomic mass is 79.9. The van der Waals surface area contributed by atoms with Gasteiger partial charge < -0.3 is 5.11 Å². The minimum absolute atomic E-state index is 0.183. The number of H-pyrrole nitrogens is 1. The molecule has 2 N–H and O–H groups in total. The number of rotatable bonds is 1. The topological polar surface area (TPSA) is 53.1 Å². The van der Waals surface area contributed by atoms with Gasteiger partial charge in [-0.1, -0.05) is 0 Å². The molecule has 1 rings (SSSR count). The van der Waals surface area contributed by atoms with Crippen molar-refractivity contribution in [1.29, 1.82) is 0 Å². The second kappa shape index (κ2) is 3.22. The third kappa shape index (κ3) is 1.63. The van der Waals surface area contributed by atoms with E-state index in [4.69, 9.17) is 5.11 Å². The number of hydrogen-bond acceptors (Lipinski definition) is 2. The summed E-state index contributed by atoms with van der Waals surface area (Å²) in [5.41, 5.74) is -1.28. The molecule has 1 heterocycles. The second-order valence-electron chi connectivity index (χ2n) is 2.05. The molecule has 1 aromatic heterocycles. The van der Waals surface area contributed by atoms with Crippen molar-refractivity contribution in [3.63, 3.8) is 0 Å². The molecule has 6 heteroatoms. The Morgan fingerprint density at radius 3 is 2.67 bits per heavy atom. The highest BCUT2D eigenvalue weighted by Gasteiger charge is 2.15. The van der Waals surface area contributed by atoms with Crippen molar-refractivity contribution in [1.82, 2.24) is 4.98 Å². The summed E-state index contributed by atoms with van der Waals surface area (Å²) in [5, 5.41) is 8.89. The molecular formula is C6H4BrF2NO2. The van der Waals surface area contributed by atoms with Gasteiger partial charge in [-0.2, -0.15) is 0 Å². The summed E-state index contributed by atoms with van der Waals surface area (Å²) in [7, 11) is 0. The Labute approximate surface area is 74.2 Å². The lowest BCUT2D eigenvalue weighted by Gasteiger charge is -2.02. The Morgan fingerprint density at radius 2 is 2.17 bits per heavy atom. The number of halogens is 3. The van der Waals surface area contributed by atoms with Crippen LogP contribution >= 0.6 is 15.9 Å². The van der Waals surface area contributed by atoms with Crippen molar-refractivity contribution in [2.75, 3.05) is 0 Å². The van der Waals surface area contributed by atoms with Crippen molar-refractivity contribution in [2.45, 2.75) is 6.43 Å². The minimum atomic E-state index is -2.78. The van der Waals surface area contributed by atoms with Gasteiger partial charge in [0.1, 0.15) is 0 Å². The van der Waals surface area contributed by atoms with E-state index in [0.717, 1.165) is 6.07 Å². The van der Waals surface area contributed by atoms with Crippen LogP contribution in [0.25, 0.3) is 0 Å². The number of aromatic amines is 1. The maximum atomic E-state index is 12.1. The first-order valence-corrected chi connectivity index (χ1v) is 3.71. The number of aromatic nitrogens is 1. The van der Waals surface area contributed by atoms with Crippen LogP contribution in [0.3, 0.4) is 0 Å². The number of alkyl halides is 2. The Bertz CT molecular complexity index is 350. The van der Waals surface area contributed by atoms with Gasteiger partial charge in [-0.3, -0.25) is 9.78 Å². The van der Waals surface area contributed by atoms with Crippen molar-refractivity contribution in [3.8, 4) is 5.88 Å². The lowest BCUT2D eigenvalue weighted by atomic mass is 10.3. The Balaban J connectivity index is 3.38. The molecule has 0 aliphatic heterocycles. The van der Waals surface area contributed by atoms with E-state index in [1.165, 1.54) is 0 Å². The van der Waals surface area contributed by atoms with Crippen LogP contribution in [0.4, 0.5) is 8.78 Å². The highest BCUT2D eigenvalue weighted by molar-refractivity contribution is 9.10. The van der Waals surface area contributed by atoms with E-state index in [2.05, 4.69) is 15.9 Å². The van der Waals surface area contributed by atoms with E-state index >= 15 is 0 Å². The SMILES string of the molecule is O=c1cc(C(F)F)c(Br)c(O)[nH]1. The zero-order valence-corrected chi connectivity index (χ0v) is 7.23. The molecule has 0 bridgehead atoms. The number of pyridine rings is 1. The molecule has 0 fully saturated rings. The largest absolute Gasteiger partial charge is 0.494 e. The summed E-state index contributed by atoms with van der Waals surface area (Å²) in [4.78, 5) is 12.6. The summed E-state index contributed by atoms with van der Waals surface area (Å²) in [6.45, 7) is 0. The summed E-state index contributed by atoms with van der Waals surface area (Å²) in [6, 6.07) is 0.731. The summed E-state index contributed by atoms with van der Waals surface area (Å²) >= 11 is 2.71. The Kier molecular flexibility index (Phi) is 2.46. The molecule has 0 unspecified atom stereocenters. The summed E-state index contributed by atoms with van der Waals surface area (Å²) < 4.78 is 24.0. The normalized spacial score (nSPS) is 10.7. The number of aromatic hydroxyl groups is 1. The first-order valence-electron chi connectivity index (χ1n) is 2.92. The fourth-order valence-electron chi connectivity index (χ4n) is 0.708. The fourth-order valence-corrected chi connectivity index (χ4v) is 1.09. The van der Waals surface area contributed by atoms with Gasteiger partial charge >= 0.3 is 0 Å². The average Bonchev–Trinajstić information content (AvgIpc) is 1.96. The summed E-state index contributed by atoms with van der Waals surface area (Å²) in [5.74, 6) is -0.585. The van der Waals surface area contributed by atoms with Crippen molar-refractivity contribution < 1.29 is 13.9 Å². The third-order valence-corrected chi connectivity index (χ3v) is 2.06. The van der Waals surface area contributed by atoms with Gasteiger partial charge in [0.05, 0.1) is 4.47 Å². The zero-order chi connectivity index (χ0) is 9.30. The standard InChI is InChI=1S/C6H4BrF2NO2/c7-4-2(5(8)9)1-3(11)10-6(4)12/h1,5H,(H2,10,11,12). The van der Waals surface area contributed by atoms with Gasteiger partial charge in [-0.25, -0.2) is 8.78 Å². The molecule has 0 aliphatic rings. The molecule has 66 valence electrons. The lowest BCUT2D eigenvalue weighted by Crippen LogP contribution is -2.06. The van der Waals surface area contributed by atoms with Gasteiger partial charge in [0, 0.05) is 11.6 Å². The maximum absolute atomic E-state index is 12.1. The first kappa shape index (κ1) is 9.18. The van der Waals surface area contributed by atoms with Crippen LogP contribution in [0.15, 0.2) is 15.3 Å². The van der Waals surface area contributed by atoms with Gasteiger partial charge in [0.15, 0.2) is 0 Å². The minimum Gasteiger partial charge on any atom is -0.494 e. The molecule has 3 nitrogen and oxygen atoms in total. The van der Waals surface area contributed by atoms with Crippen LogP contribution in [0, 0.1) is 0 Å². The number of nitrogens with one attached hydrogen (secondary N) is 1. The Hall–Kier alpha value is -0.910. The van der Waals surface area contributed by atoms with Crippen LogP contribution in [0.2, 0.25) is 0 Å². The maximum Gasteiger partial charge on any atom is 0.265 e. The molecule has 0 saturated carbocycles. The number of hydrogen-bond donors (Lipinski definition) is 2. The van der Waals surface area contributed by atoms with Crippen molar-refractivity contribution in [2.24, 2.45) is 0 Å². The molecular weight excluding hydrogens is 236 g/mol. The van der Waals surface area contributed by atoms with Crippen molar-refractivity contribution in [3.05, 3.63) is 26.5 Å². The van der Waals surface area contributed by atoms with Gasteiger partial charge in [-0.15, -0.1) is 0 Å². The average molecular weight is 240 g/mol. The van der Waals surface area contributed by atoms with Gasteiger partial charge in [0.25, 0.3) is 12.0 Å². The summed E-state index contributed by atoms with van der Waals surface area (Å²) in [6.07, 6.45) is -2.78. The van der Waals surface area contributed by atoms with E-state index in [9.17, 15) is 13.6 Å². The van der Waals surface area contributed by atoms with Crippen LogP contribution in [0.1, 0.15) is 12.0 Å². The molecule has 0 aliphatic carbocycles. The molecule has 0 radical (unpaired) electrons. The highest BCUT2D eigenvalue weighted by Crippen LogP contribution is 2.30. The molecule has 1 aromatic rings. The van der Waals surface area contributed by atoms with Crippen molar-refractivity contribution >= 4 is 15.9 Å². The van der Waals surface area contributed by atoms with E-state index < -0.39 is 23.4 Å². The Morgan fingerprint density at radius 1 is 1.58 bits per heavy atom. The smallest absolute Gasteiger partial charge is 0.265 e. The quantitative estimate of drug-likeness (QED) is 0.785. The molecule has 0 atom stereocenters. The van der Waals surface area contributed by atoms with Gasteiger partial charge in [0.2, 0.25) is 5.88 Å². The molecule has 0 spiro atoms. The predicted molar refractivity (Wildman–Crippen MR) is 41.4 cm³/mol. The molecule has 0 aromatic carbocycles. The molecule has 0 amide bonds. The second-order valence-corrected chi connectivity index (χ2v) is 2.85. The van der Waals surface area contributed by atoms with E-state index in [1.54, 1.807) is 0 Å².